The Morgan fingerprint density at radius 1 is 0.282 bits per heavy atom. The average molecular weight is 1090 g/mol. The van der Waals surface area contributed by atoms with Gasteiger partial charge in [-0.15, -0.1) is 0 Å². The molecule has 0 heterocycles. The molecule has 1 unspecified atom stereocenters. The zero-order chi connectivity index (χ0) is 56.4. The first-order valence-electron chi connectivity index (χ1n) is 33.9. The summed E-state index contributed by atoms with van der Waals surface area (Å²) in [5.74, 6) is -1.03. The van der Waals surface area contributed by atoms with E-state index < -0.39 is 12.1 Å². The lowest BCUT2D eigenvalue weighted by atomic mass is 10.0. The van der Waals surface area contributed by atoms with Gasteiger partial charge in [-0.05, 0) is 70.6 Å². The van der Waals surface area contributed by atoms with Crippen LogP contribution in [-0.4, -0.2) is 37.2 Å². The van der Waals surface area contributed by atoms with E-state index in [1.807, 2.05) is 6.08 Å². The van der Waals surface area contributed by atoms with Gasteiger partial charge in [0.05, 0.1) is 6.42 Å². The largest absolute Gasteiger partial charge is 0.462 e. The molecule has 0 amide bonds. The highest BCUT2D eigenvalue weighted by molar-refractivity contribution is 5.72. The second kappa shape index (κ2) is 66.4. The zero-order valence-corrected chi connectivity index (χ0v) is 51.9. The smallest absolute Gasteiger partial charge is 0.310 e. The molecule has 0 fully saturated rings. The standard InChI is InChI=1S/C72H128O6/c1-4-7-10-13-16-19-22-24-26-27-28-29-30-31-32-33-34-35-36-37-38-39-40-41-42-43-44-45-47-48-50-53-56-59-62-65-71(74)77-68-69(67-76-70(73)64-61-58-55-52-21-18-15-12-9-6-3)78-72(75)66-63-60-57-54-51-49-46-25-23-20-17-14-11-8-5-2/h8,11,17,20,25,27-28,46,51,54,60,63,69H,4-7,9-10,12-16,18-19,21-24,26,29-45,47-50,52-53,55-59,61-62,64-68H2,1-3H3/b11-8-,20-17-,28-27-,46-25-,54-51-,63-60-. The van der Waals surface area contributed by atoms with Crippen molar-refractivity contribution in [2.24, 2.45) is 0 Å². The number of hydrogen-bond acceptors (Lipinski definition) is 6. The SMILES string of the molecule is CC/C=C\C/C=C\C/C=C\C/C=C\C/C=C\CC(=O)OC(COC(=O)CCCCCCCCCCCC)COC(=O)CCCCCCCCCCCCCCCCCCCCCCCCC/C=C\CCCCCCCCCC. The van der Waals surface area contributed by atoms with E-state index in [2.05, 4.69) is 81.5 Å². The minimum atomic E-state index is -0.826. The van der Waals surface area contributed by atoms with Crippen molar-refractivity contribution in [3.8, 4) is 0 Å². The molecule has 1 atom stereocenters. The number of rotatable bonds is 62. The molecule has 0 aliphatic heterocycles. The molecule has 0 saturated carbocycles. The van der Waals surface area contributed by atoms with Gasteiger partial charge >= 0.3 is 17.9 Å². The van der Waals surface area contributed by atoms with Crippen LogP contribution in [0.15, 0.2) is 72.9 Å². The van der Waals surface area contributed by atoms with Crippen LogP contribution < -0.4 is 0 Å². The molecule has 0 spiro atoms. The maximum Gasteiger partial charge on any atom is 0.310 e. The maximum absolute atomic E-state index is 12.8. The van der Waals surface area contributed by atoms with Crippen LogP contribution in [0, 0.1) is 0 Å². The topological polar surface area (TPSA) is 78.9 Å². The summed E-state index contributed by atoms with van der Waals surface area (Å²) < 4.78 is 16.8. The number of carbonyl (C=O) groups excluding carboxylic acids is 3. The van der Waals surface area contributed by atoms with Crippen molar-refractivity contribution in [2.75, 3.05) is 13.2 Å². The predicted molar refractivity (Wildman–Crippen MR) is 339 cm³/mol. The fourth-order valence-corrected chi connectivity index (χ4v) is 9.93. The second-order valence-corrected chi connectivity index (χ2v) is 22.7. The predicted octanol–water partition coefficient (Wildman–Crippen LogP) is 23.3. The highest BCUT2D eigenvalue weighted by Gasteiger charge is 2.19. The van der Waals surface area contributed by atoms with E-state index in [4.69, 9.17) is 14.2 Å². The molecular weight excluding hydrogens is 961 g/mol. The summed E-state index contributed by atoms with van der Waals surface area (Å²) in [6, 6.07) is 0. The highest BCUT2D eigenvalue weighted by atomic mass is 16.6. The van der Waals surface area contributed by atoms with Crippen molar-refractivity contribution in [1.82, 2.24) is 0 Å². The summed E-state index contributed by atoms with van der Waals surface area (Å²) in [5.41, 5.74) is 0. The third-order valence-corrected chi connectivity index (χ3v) is 15.0. The number of allylic oxidation sites excluding steroid dienone is 11. The van der Waals surface area contributed by atoms with E-state index in [1.165, 1.54) is 238 Å². The number of unbranched alkanes of at least 4 members (excludes halogenated alkanes) is 40. The Morgan fingerprint density at radius 2 is 0.538 bits per heavy atom. The first-order chi connectivity index (χ1) is 38.5. The van der Waals surface area contributed by atoms with Crippen LogP contribution >= 0.6 is 0 Å². The molecule has 0 saturated heterocycles. The normalized spacial score (nSPS) is 12.5. The molecule has 0 aliphatic rings. The van der Waals surface area contributed by atoms with E-state index in [0.717, 1.165) is 70.6 Å². The first-order valence-corrected chi connectivity index (χ1v) is 33.9. The molecule has 0 aliphatic carbocycles. The van der Waals surface area contributed by atoms with Crippen molar-refractivity contribution >= 4 is 17.9 Å². The van der Waals surface area contributed by atoms with E-state index in [-0.39, 0.29) is 31.6 Å². The molecule has 452 valence electrons. The Balaban J connectivity index is 4.05. The van der Waals surface area contributed by atoms with E-state index in [1.54, 1.807) is 6.08 Å². The van der Waals surface area contributed by atoms with Crippen molar-refractivity contribution in [3.05, 3.63) is 72.9 Å². The van der Waals surface area contributed by atoms with Gasteiger partial charge in [-0.25, -0.2) is 0 Å². The Kier molecular flexibility index (Phi) is 63.7. The van der Waals surface area contributed by atoms with E-state index in [9.17, 15) is 14.4 Å². The molecule has 78 heavy (non-hydrogen) atoms. The van der Waals surface area contributed by atoms with Crippen LogP contribution in [0.3, 0.4) is 0 Å². The molecule has 0 radical (unpaired) electrons. The lowest BCUT2D eigenvalue weighted by Crippen LogP contribution is -2.30. The molecule has 0 aromatic heterocycles. The van der Waals surface area contributed by atoms with Gasteiger partial charge in [0.1, 0.15) is 13.2 Å². The minimum absolute atomic E-state index is 0.101. The minimum Gasteiger partial charge on any atom is -0.462 e. The van der Waals surface area contributed by atoms with Crippen molar-refractivity contribution in [2.45, 2.75) is 354 Å². The molecular formula is C72H128O6. The molecule has 0 rings (SSSR count). The summed E-state index contributed by atoms with van der Waals surface area (Å²) in [7, 11) is 0. The van der Waals surface area contributed by atoms with Crippen LogP contribution in [0.5, 0.6) is 0 Å². The van der Waals surface area contributed by atoms with Gasteiger partial charge in [-0.2, -0.15) is 0 Å². The summed E-state index contributed by atoms with van der Waals surface area (Å²) in [4.78, 5) is 38.1. The fraction of sp³-hybridized carbons (Fsp3) is 0.792. The van der Waals surface area contributed by atoms with Crippen LogP contribution in [0.4, 0.5) is 0 Å². The summed E-state index contributed by atoms with van der Waals surface area (Å²) >= 11 is 0. The van der Waals surface area contributed by atoms with E-state index in [0.29, 0.717) is 12.8 Å². The molecule has 0 bridgehead atoms. The Labute approximate surface area is 484 Å². The number of hydrogen-bond donors (Lipinski definition) is 0. The van der Waals surface area contributed by atoms with Gasteiger partial charge < -0.3 is 14.2 Å². The van der Waals surface area contributed by atoms with Crippen molar-refractivity contribution in [3.63, 3.8) is 0 Å². The number of esters is 3. The number of ether oxygens (including phenoxy) is 3. The monoisotopic (exact) mass is 1090 g/mol. The maximum atomic E-state index is 12.8. The van der Waals surface area contributed by atoms with Crippen LogP contribution in [0.2, 0.25) is 0 Å². The molecule has 6 heteroatoms. The average Bonchev–Trinajstić information content (AvgIpc) is 3.44. The third-order valence-electron chi connectivity index (χ3n) is 15.0. The van der Waals surface area contributed by atoms with Gasteiger partial charge in [-0.1, -0.05) is 331 Å². The fourth-order valence-electron chi connectivity index (χ4n) is 9.93. The van der Waals surface area contributed by atoms with Gasteiger partial charge in [0, 0.05) is 12.8 Å². The quantitative estimate of drug-likeness (QED) is 0.0261. The molecule has 0 aromatic rings. The lowest BCUT2D eigenvalue weighted by Gasteiger charge is -2.18. The van der Waals surface area contributed by atoms with Gasteiger partial charge in [0.2, 0.25) is 0 Å². The van der Waals surface area contributed by atoms with Crippen molar-refractivity contribution < 1.29 is 28.6 Å². The zero-order valence-electron chi connectivity index (χ0n) is 51.9. The first kappa shape index (κ1) is 74.8. The Bertz CT molecular complexity index is 1440. The van der Waals surface area contributed by atoms with Gasteiger partial charge in [0.25, 0.3) is 0 Å². The van der Waals surface area contributed by atoms with Crippen LogP contribution in [0.25, 0.3) is 0 Å². The van der Waals surface area contributed by atoms with Crippen molar-refractivity contribution in [1.29, 1.82) is 0 Å². The van der Waals surface area contributed by atoms with Gasteiger partial charge in [-0.3, -0.25) is 14.4 Å². The van der Waals surface area contributed by atoms with Crippen LogP contribution in [-0.2, 0) is 28.6 Å². The second-order valence-electron chi connectivity index (χ2n) is 22.7. The summed E-state index contributed by atoms with van der Waals surface area (Å²) in [6.45, 7) is 6.46. The Morgan fingerprint density at radius 3 is 0.833 bits per heavy atom. The summed E-state index contributed by atoms with van der Waals surface area (Å²) in [5, 5.41) is 0. The number of carbonyl (C=O) groups is 3. The van der Waals surface area contributed by atoms with Crippen LogP contribution in [0.1, 0.15) is 348 Å². The summed E-state index contributed by atoms with van der Waals surface area (Å²) in [6.07, 6.45) is 87.1. The lowest BCUT2D eigenvalue weighted by molar-refractivity contribution is -0.166. The highest BCUT2D eigenvalue weighted by Crippen LogP contribution is 2.18. The van der Waals surface area contributed by atoms with Gasteiger partial charge in [0.15, 0.2) is 6.10 Å². The Hall–Kier alpha value is -3.15. The molecule has 0 aromatic carbocycles. The molecule has 0 N–H and O–H groups in total. The van der Waals surface area contributed by atoms with E-state index >= 15 is 0 Å². The third kappa shape index (κ3) is 63.7. The molecule has 6 nitrogen and oxygen atoms in total.